The maximum Gasteiger partial charge on any atom is 0.422 e. The molecule has 1 amide bonds. The third-order valence-electron chi connectivity index (χ3n) is 2.33. The number of alkyl halides is 3. The van der Waals surface area contributed by atoms with Crippen molar-refractivity contribution in [2.45, 2.75) is 19.5 Å². The number of rotatable bonds is 7. The summed E-state index contributed by atoms with van der Waals surface area (Å²) in [5, 5.41) is 5.52. The molecule has 7 heteroatoms. The second kappa shape index (κ2) is 7.74. The SMILES string of the molecule is CCNCCC(=O)Nc1ccccc1OCC(F)(F)F. The van der Waals surface area contributed by atoms with Crippen molar-refractivity contribution in [2.75, 3.05) is 25.0 Å². The lowest BCUT2D eigenvalue weighted by molar-refractivity contribution is -0.153. The van der Waals surface area contributed by atoms with E-state index in [4.69, 9.17) is 0 Å². The first-order valence-electron chi connectivity index (χ1n) is 6.21. The Labute approximate surface area is 115 Å². The van der Waals surface area contributed by atoms with Crippen molar-refractivity contribution in [3.05, 3.63) is 24.3 Å². The molecule has 112 valence electrons. The van der Waals surface area contributed by atoms with Gasteiger partial charge in [0.15, 0.2) is 6.61 Å². The van der Waals surface area contributed by atoms with Crippen LogP contribution < -0.4 is 15.4 Å². The monoisotopic (exact) mass is 290 g/mol. The van der Waals surface area contributed by atoms with Gasteiger partial charge >= 0.3 is 6.18 Å². The molecule has 0 aliphatic heterocycles. The van der Waals surface area contributed by atoms with Crippen molar-refractivity contribution in [2.24, 2.45) is 0 Å². The standard InChI is InChI=1S/C13H17F3N2O2/c1-2-17-8-7-12(19)18-10-5-3-4-6-11(10)20-9-13(14,15)16/h3-6,17H,2,7-9H2,1H3,(H,18,19). The minimum Gasteiger partial charge on any atom is -0.482 e. The third-order valence-corrected chi connectivity index (χ3v) is 2.33. The van der Waals surface area contributed by atoms with E-state index in [1.807, 2.05) is 6.92 Å². The van der Waals surface area contributed by atoms with Crippen molar-refractivity contribution in [1.29, 1.82) is 0 Å². The Morgan fingerprint density at radius 1 is 1.30 bits per heavy atom. The molecular formula is C13H17F3N2O2. The summed E-state index contributed by atoms with van der Waals surface area (Å²) in [6.07, 6.45) is -4.18. The number of benzene rings is 1. The smallest absolute Gasteiger partial charge is 0.422 e. The van der Waals surface area contributed by atoms with Gasteiger partial charge < -0.3 is 15.4 Å². The fourth-order valence-corrected chi connectivity index (χ4v) is 1.45. The number of hydrogen-bond donors (Lipinski definition) is 2. The summed E-state index contributed by atoms with van der Waals surface area (Å²) in [6.45, 7) is 1.78. The molecule has 1 aromatic rings. The highest BCUT2D eigenvalue weighted by molar-refractivity contribution is 5.92. The Hall–Kier alpha value is -1.76. The van der Waals surface area contributed by atoms with E-state index >= 15 is 0 Å². The number of amides is 1. The quantitative estimate of drug-likeness (QED) is 0.759. The maximum absolute atomic E-state index is 12.1. The molecule has 2 N–H and O–H groups in total. The molecule has 0 aliphatic rings. The number of carbonyl (C=O) groups excluding carboxylic acids is 1. The average molecular weight is 290 g/mol. The van der Waals surface area contributed by atoms with Gasteiger partial charge in [-0.1, -0.05) is 19.1 Å². The lowest BCUT2D eigenvalue weighted by Crippen LogP contribution is -2.22. The first kappa shape index (κ1) is 16.3. The lowest BCUT2D eigenvalue weighted by atomic mass is 10.2. The fraction of sp³-hybridized carbons (Fsp3) is 0.462. The molecular weight excluding hydrogens is 273 g/mol. The average Bonchev–Trinajstić information content (AvgIpc) is 2.37. The van der Waals surface area contributed by atoms with Gasteiger partial charge in [-0.25, -0.2) is 0 Å². The number of nitrogens with one attached hydrogen (secondary N) is 2. The van der Waals surface area contributed by atoms with Crippen LogP contribution in [0.2, 0.25) is 0 Å². The Bertz CT molecular complexity index is 436. The second-order valence-electron chi connectivity index (χ2n) is 4.05. The molecule has 1 rings (SSSR count). The van der Waals surface area contributed by atoms with Crippen LogP contribution in [0.25, 0.3) is 0 Å². The molecule has 0 aromatic heterocycles. The van der Waals surface area contributed by atoms with Crippen molar-refractivity contribution in [3.63, 3.8) is 0 Å². The highest BCUT2D eigenvalue weighted by Gasteiger charge is 2.28. The molecule has 0 radical (unpaired) electrons. The molecule has 1 aromatic carbocycles. The Morgan fingerprint density at radius 3 is 2.65 bits per heavy atom. The number of carbonyl (C=O) groups is 1. The predicted octanol–water partition coefficient (Wildman–Crippen LogP) is 2.57. The van der Waals surface area contributed by atoms with E-state index < -0.39 is 12.8 Å². The van der Waals surface area contributed by atoms with Crippen LogP contribution in [0.15, 0.2) is 24.3 Å². The lowest BCUT2D eigenvalue weighted by Gasteiger charge is -2.13. The van der Waals surface area contributed by atoms with Crippen LogP contribution in [0.4, 0.5) is 18.9 Å². The van der Waals surface area contributed by atoms with Gasteiger partial charge in [0, 0.05) is 13.0 Å². The predicted molar refractivity (Wildman–Crippen MR) is 69.8 cm³/mol. The first-order chi connectivity index (χ1) is 9.42. The highest BCUT2D eigenvalue weighted by atomic mass is 19.4. The molecule has 0 spiro atoms. The van der Waals surface area contributed by atoms with E-state index in [0.29, 0.717) is 6.54 Å². The van der Waals surface area contributed by atoms with Gasteiger partial charge in [-0.15, -0.1) is 0 Å². The molecule has 0 heterocycles. The zero-order chi connectivity index (χ0) is 15.0. The summed E-state index contributed by atoms with van der Waals surface area (Å²) in [7, 11) is 0. The normalized spacial score (nSPS) is 11.2. The molecule has 0 saturated carbocycles. The highest BCUT2D eigenvalue weighted by Crippen LogP contribution is 2.26. The second-order valence-corrected chi connectivity index (χ2v) is 4.05. The maximum atomic E-state index is 12.1. The third kappa shape index (κ3) is 6.42. The van der Waals surface area contributed by atoms with Crippen LogP contribution in [-0.4, -0.2) is 31.8 Å². The van der Waals surface area contributed by atoms with E-state index in [-0.39, 0.29) is 23.8 Å². The number of halogens is 3. The van der Waals surface area contributed by atoms with Crippen molar-refractivity contribution in [1.82, 2.24) is 5.32 Å². The van der Waals surface area contributed by atoms with Gasteiger partial charge in [-0.2, -0.15) is 13.2 Å². The van der Waals surface area contributed by atoms with Gasteiger partial charge in [0.25, 0.3) is 0 Å². The summed E-state index contributed by atoms with van der Waals surface area (Å²) in [6, 6.07) is 6.03. The van der Waals surface area contributed by atoms with Gasteiger partial charge in [0.2, 0.25) is 5.91 Å². The van der Waals surface area contributed by atoms with Gasteiger partial charge in [-0.05, 0) is 18.7 Å². The summed E-state index contributed by atoms with van der Waals surface area (Å²) < 4.78 is 41.0. The van der Waals surface area contributed by atoms with E-state index in [9.17, 15) is 18.0 Å². The largest absolute Gasteiger partial charge is 0.482 e. The zero-order valence-corrected chi connectivity index (χ0v) is 11.1. The van der Waals surface area contributed by atoms with E-state index in [0.717, 1.165) is 6.54 Å². The van der Waals surface area contributed by atoms with Crippen molar-refractivity contribution >= 4 is 11.6 Å². The van der Waals surface area contributed by atoms with Gasteiger partial charge in [0.05, 0.1) is 5.69 Å². The summed E-state index contributed by atoms with van der Waals surface area (Å²) >= 11 is 0. The van der Waals surface area contributed by atoms with E-state index in [1.54, 1.807) is 12.1 Å². The molecule has 0 saturated heterocycles. The number of para-hydroxylation sites is 2. The molecule has 0 unspecified atom stereocenters. The van der Waals surface area contributed by atoms with Crippen LogP contribution in [-0.2, 0) is 4.79 Å². The Kier molecular flexibility index (Phi) is 6.30. The summed E-state index contributed by atoms with van der Waals surface area (Å²) in [5.41, 5.74) is 0.234. The first-order valence-corrected chi connectivity index (χ1v) is 6.21. The molecule has 0 bridgehead atoms. The minimum absolute atomic E-state index is 0.00151. The number of ether oxygens (including phenoxy) is 1. The van der Waals surface area contributed by atoms with Crippen LogP contribution in [0.3, 0.4) is 0 Å². The molecule has 0 atom stereocenters. The Morgan fingerprint density at radius 2 is 2.00 bits per heavy atom. The number of hydrogen-bond acceptors (Lipinski definition) is 3. The number of anilines is 1. The summed E-state index contributed by atoms with van der Waals surface area (Å²) in [4.78, 5) is 11.6. The van der Waals surface area contributed by atoms with Crippen LogP contribution >= 0.6 is 0 Å². The van der Waals surface area contributed by atoms with E-state index in [2.05, 4.69) is 15.4 Å². The summed E-state index contributed by atoms with van der Waals surface area (Å²) in [5.74, 6) is -0.282. The van der Waals surface area contributed by atoms with Gasteiger partial charge in [-0.3, -0.25) is 4.79 Å². The zero-order valence-electron chi connectivity index (χ0n) is 11.1. The van der Waals surface area contributed by atoms with Crippen LogP contribution in [0.5, 0.6) is 5.75 Å². The fourth-order valence-electron chi connectivity index (χ4n) is 1.45. The van der Waals surface area contributed by atoms with E-state index in [1.165, 1.54) is 12.1 Å². The molecule has 0 fully saturated rings. The van der Waals surface area contributed by atoms with Gasteiger partial charge in [0.1, 0.15) is 5.75 Å². The van der Waals surface area contributed by atoms with Crippen molar-refractivity contribution in [3.8, 4) is 5.75 Å². The van der Waals surface area contributed by atoms with Crippen LogP contribution in [0, 0.1) is 0 Å². The molecule has 20 heavy (non-hydrogen) atoms. The topological polar surface area (TPSA) is 50.4 Å². The minimum atomic E-state index is -4.41. The van der Waals surface area contributed by atoms with Crippen molar-refractivity contribution < 1.29 is 22.7 Å². The Balaban J connectivity index is 2.58. The molecule has 0 aliphatic carbocycles. The molecule has 4 nitrogen and oxygen atoms in total. The van der Waals surface area contributed by atoms with Crippen LogP contribution in [0.1, 0.15) is 13.3 Å².